The van der Waals surface area contributed by atoms with E-state index in [4.69, 9.17) is 0 Å². The van der Waals surface area contributed by atoms with Crippen molar-refractivity contribution in [2.75, 3.05) is 4.90 Å². The highest BCUT2D eigenvalue weighted by atomic mass is 32.1. The molecule has 0 spiro atoms. The molecule has 0 atom stereocenters. The summed E-state index contributed by atoms with van der Waals surface area (Å²) in [4.78, 5) is 2.42. The Balaban J connectivity index is 1.05. The Bertz CT molecular complexity index is 3130. The lowest BCUT2D eigenvalue weighted by Gasteiger charge is -2.28. The van der Waals surface area contributed by atoms with Crippen LogP contribution in [0.3, 0.4) is 0 Å². The first-order valence-electron chi connectivity index (χ1n) is 19.8. The molecule has 0 bridgehead atoms. The van der Waals surface area contributed by atoms with E-state index in [0.29, 0.717) is 0 Å². The zero-order valence-corrected chi connectivity index (χ0v) is 32.7. The van der Waals surface area contributed by atoms with Gasteiger partial charge in [-0.15, -0.1) is 11.3 Å². The van der Waals surface area contributed by atoms with E-state index in [2.05, 4.69) is 219 Å². The highest BCUT2D eigenvalue weighted by molar-refractivity contribution is 7.25. The Hall–Kier alpha value is -6.74. The fourth-order valence-electron chi connectivity index (χ4n) is 9.20. The van der Waals surface area contributed by atoms with Gasteiger partial charge in [0, 0.05) is 42.6 Å². The minimum Gasteiger partial charge on any atom is -0.310 e. The van der Waals surface area contributed by atoms with Gasteiger partial charge in [-0.1, -0.05) is 159 Å². The zero-order chi connectivity index (χ0) is 38.1. The zero-order valence-electron chi connectivity index (χ0n) is 31.9. The van der Waals surface area contributed by atoms with Crippen molar-refractivity contribution in [1.82, 2.24) is 0 Å². The standard InChI is InChI=1S/C55H39NS/c1-55(2)51-21-10-8-18-45(51)46-32-31-42(33-52(46)55)56(40-27-23-38(24-28-40)44-20-12-16-36-15-6-7-17-43(36)44)41-29-25-39(26-30-41)49-35-54-50(47-19-9-11-22-53(47)57-54)34-48(49)37-13-4-3-5-14-37/h3-35H,1-2H3. The lowest BCUT2D eigenvalue weighted by atomic mass is 9.82. The van der Waals surface area contributed by atoms with Gasteiger partial charge in [-0.3, -0.25) is 0 Å². The Morgan fingerprint density at radius 3 is 1.70 bits per heavy atom. The maximum Gasteiger partial charge on any atom is 0.0465 e. The molecule has 1 aliphatic carbocycles. The van der Waals surface area contributed by atoms with E-state index in [-0.39, 0.29) is 5.41 Å². The molecule has 1 nitrogen and oxygen atoms in total. The van der Waals surface area contributed by atoms with Gasteiger partial charge in [-0.05, 0) is 121 Å². The fourth-order valence-corrected chi connectivity index (χ4v) is 10.3. The lowest BCUT2D eigenvalue weighted by Crippen LogP contribution is -2.16. The summed E-state index contributed by atoms with van der Waals surface area (Å²) >= 11 is 1.87. The van der Waals surface area contributed by atoms with Crippen molar-refractivity contribution >= 4 is 59.3 Å². The van der Waals surface area contributed by atoms with Crippen LogP contribution in [0.2, 0.25) is 0 Å². The third kappa shape index (κ3) is 5.51. The van der Waals surface area contributed by atoms with Gasteiger partial charge in [0.25, 0.3) is 0 Å². The summed E-state index contributed by atoms with van der Waals surface area (Å²) in [6.07, 6.45) is 0. The first-order chi connectivity index (χ1) is 28.0. The second-order valence-electron chi connectivity index (χ2n) is 15.7. The summed E-state index contributed by atoms with van der Waals surface area (Å²) in [5.74, 6) is 0. The average Bonchev–Trinajstić information content (AvgIpc) is 3.75. The Kier molecular flexibility index (Phi) is 7.77. The number of anilines is 3. The number of fused-ring (bicyclic) bond motifs is 7. The number of thiophene rings is 1. The number of benzene rings is 9. The second kappa shape index (κ2) is 13.2. The first-order valence-corrected chi connectivity index (χ1v) is 20.6. The molecule has 0 amide bonds. The van der Waals surface area contributed by atoms with Crippen LogP contribution in [0.25, 0.3) is 75.5 Å². The van der Waals surface area contributed by atoms with Gasteiger partial charge >= 0.3 is 0 Å². The molecule has 1 aliphatic rings. The van der Waals surface area contributed by atoms with Gasteiger partial charge in [0.15, 0.2) is 0 Å². The summed E-state index contributed by atoms with van der Waals surface area (Å²) in [5, 5.41) is 5.16. The summed E-state index contributed by atoms with van der Waals surface area (Å²) in [6, 6.07) is 73.9. The van der Waals surface area contributed by atoms with E-state index in [0.717, 1.165) is 17.1 Å². The number of hydrogen-bond donors (Lipinski definition) is 0. The van der Waals surface area contributed by atoms with E-state index >= 15 is 0 Å². The van der Waals surface area contributed by atoms with Crippen LogP contribution < -0.4 is 4.90 Å². The van der Waals surface area contributed by atoms with E-state index in [1.165, 1.54) is 86.6 Å². The Morgan fingerprint density at radius 1 is 0.351 bits per heavy atom. The largest absolute Gasteiger partial charge is 0.310 e. The summed E-state index contributed by atoms with van der Waals surface area (Å²) in [5.41, 5.74) is 16.1. The fraction of sp³-hybridized carbons (Fsp3) is 0.0545. The van der Waals surface area contributed by atoms with Gasteiger partial charge in [0.2, 0.25) is 0 Å². The van der Waals surface area contributed by atoms with E-state index in [9.17, 15) is 0 Å². The molecule has 0 radical (unpaired) electrons. The van der Waals surface area contributed by atoms with E-state index < -0.39 is 0 Å². The van der Waals surface area contributed by atoms with Crippen molar-refractivity contribution in [3.8, 4) is 44.5 Å². The lowest BCUT2D eigenvalue weighted by molar-refractivity contribution is 0.660. The minimum atomic E-state index is -0.102. The van der Waals surface area contributed by atoms with Gasteiger partial charge < -0.3 is 4.90 Å². The van der Waals surface area contributed by atoms with Gasteiger partial charge in [-0.2, -0.15) is 0 Å². The highest BCUT2D eigenvalue weighted by Gasteiger charge is 2.35. The molecule has 0 fully saturated rings. The molecular formula is C55H39NS. The Morgan fingerprint density at radius 2 is 0.912 bits per heavy atom. The third-order valence-corrected chi connectivity index (χ3v) is 13.2. The molecule has 0 unspecified atom stereocenters. The van der Waals surface area contributed by atoms with Gasteiger partial charge in [0.05, 0.1) is 0 Å². The highest BCUT2D eigenvalue weighted by Crippen LogP contribution is 2.51. The van der Waals surface area contributed by atoms with Crippen LogP contribution in [0.5, 0.6) is 0 Å². The van der Waals surface area contributed by atoms with Crippen molar-refractivity contribution in [2.45, 2.75) is 19.3 Å². The van der Waals surface area contributed by atoms with Crippen LogP contribution in [-0.4, -0.2) is 0 Å². The van der Waals surface area contributed by atoms with Crippen LogP contribution in [0.1, 0.15) is 25.0 Å². The molecule has 0 aliphatic heterocycles. The van der Waals surface area contributed by atoms with Crippen LogP contribution >= 0.6 is 11.3 Å². The molecule has 270 valence electrons. The molecule has 11 rings (SSSR count). The maximum atomic E-state index is 2.42. The molecule has 2 heteroatoms. The second-order valence-corrected chi connectivity index (χ2v) is 16.8. The van der Waals surface area contributed by atoms with Crippen molar-refractivity contribution in [2.24, 2.45) is 0 Å². The van der Waals surface area contributed by atoms with Gasteiger partial charge in [-0.25, -0.2) is 0 Å². The molecule has 10 aromatic rings. The molecule has 9 aromatic carbocycles. The number of rotatable bonds is 6. The van der Waals surface area contributed by atoms with Crippen molar-refractivity contribution in [3.05, 3.63) is 211 Å². The van der Waals surface area contributed by atoms with Crippen LogP contribution in [0, 0.1) is 0 Å². The topological polar surface area (TPSA) is 3.24 Å². The first kappa shape index (κ1) is 33.6. The van der Waals surface area contributed by atoms with E-state index in [1.54, 1.807) is 0 Å². The van der Waals surface area contributed by atoms with Crippen molar-refractivity contribution in [1.29, 1.82) is 0 Å². The summed E-state index contributed by atoms with van der Waals surface area (Å²) in [7, 11) is 0. The summed E-state index contributed by atoms with van der Waals surface area (Å²) < 4.78 is 2.63. The third-order valence-electron chi connectivity index (χ3n) is 12.1. The molecular weight excluding hydrogens is 707 g/mol. The Labute approximate surface area is 337 Å². The minimum absolute atomic E-state index is 0.102. The van der Waals surface area contributed by atoms with Crippen molar-refractivity contribution < 1.29 is 0 Å². The van der Waals surface area contributed by atoms with Crippen LogP contribution in [0.15, 0.2) is 200 Å². The van der Waals surface area contributed by atoms with Gasteiger partial charge in [0.1, 0.15) is 0 Å². The predicted octanol–water partition coefficient (Wildman–Crippen LogP) is 16.0. The monoisotopic (exact) mass is 745 g/mol. The smallest absolute Gasteiger partial charge is 0.0465 e. The quantitative estimate of drug-likeness (QED) is 0.164. The summed E-state index contributed by atoms with van der Waals surface area (Å²) in [6.45, 7) is 4.72. The average molecular weight is 746 g/mol. The molecule has 0 N–H and O–H groups in total. The molecule has 1 heterocycles. The predicted molar refractivity (Wildman–Crippen MR) is 245 cm³/mol. The normalized spacial score (nSPS) is 12.9. The molecule has 0 saturated carbocycles. The molecule has 0 saturated heterocycles. The number of hydrogen-bond acceptors (Lipinski definition) is 2. The van der Waals surface area contributed by atoms with Crippen molar-refractivity contribution in [3.63, 3.8) is 0 Å². The van der Waals surface area contributed by atoms with Crippen LogP contribution in [0.4, 0.5) is 17.1 Å². The number of nitrogens with zero attached hydrogens (tertiary/aromatic N) is 1. The SMILES string of the molecule is CC1(C)c2ccccc2-c2ccc(N(c3ccc(-c4cc5sc6ccccc6c5cc4-c4ccccc4)cc3)c3ccc(-c4cccc5ccccc45)cc3)cc21. The maximum absolute atomic E-state index is 2.42. The van der Waals surface area contributed by atoms with Crippen LogP contribution in [-0.2, 0) is 5.41 Å². The molecule has 1 aromatic heterocycles. The molecule has 57 heavy (non-hydrogen) atoms. The van der Waals surface area contributed by atoms with E-state index in [1.807, 2.05) is 11.3 Å².